The number of hydrogen-bond acceptors (Lipinski definition) is 5. The molecule has 3 aromatic rings. The number of hydrogen-bond donors (Lipinski definition) is 1. The third kappa shape index (κ3) is 5.54. The Labute approximate surface area is 164 Å². The van der Waals surface area contributed by atoms with Gasteiger partial charge < -0.3 is 9.47 Å². The Morgan fingerprint density at radius 1 is 1.11 bits per heavy atom. The summed E-state index contributed by atoms with van der Waals surface area (Å²) in [6.45, 7) is 4.74. The smallest absolute Gasteiger partial charge is 0.277 e. The fraction of sp³-hybridized carbons (Fsp3) is 0.227. The molecule has 0 aliphatic heterocycles. The molecule has 1 N–H and O–H groups in total. The molecule has 144 valence electrons. The van der Waals surface area contributed by atoms with Crippen LogP contribution in [0, 0.1) is 5.92 Å². The Bertz CT molecular complexity index is 947. The van der Waals surface area contributed by atoms with Gasteiger partial charge in [0.05, 0.1) is 12.8 Å². The number of nitrogens with one attached hydrogen (secondary N) is 1. The average Bonchev–Trinajstić information content (AvgIpc) is 2.71. The van der Waals surface area contributed by atoms with Crippen molar-refractivity contribution in [1.82, 2.24) is 10.4 Å². The molecule has 0 unspecified atom stereocenters. The molecule has 6 heteroatoms. The Kier molecular flexibility index (Phi) is 6.57. The molecular weight excluding hydrogens is 354 g/mol. The zero-order chi connectivity index (χ0) is 19.8. The maximum atomic E-state index is 12.0. The van der Waals surface area contributed by atoms with E-state index in [-0.39, 0.29) is 12.5 Å². The molecule has 0 radical (unpaired) electrons. The van der Waals surface area contributed by atoms with Crippen LogP contribution >= 0.6 is 0 Å². The van der Waals surface area contributed by atoms with Crippen LogP contribution in [0.4, 0.5) is 0 Å². The van der Waals surface area contributed by atoms with Gasteiger partial charge in [0.2, 0.25) is 0 Å². The number of carbonyl (C=O) groups is 1. The normalized spacial score (nSPS) is 11.1. The number of para-hydroxylation sites is 1. The number of pyridine rings is 1. The van der Waals surface area contributed by atoms with Crippen molar-refractivity contribution in [3.05, 3.63) is 66.4 Å². The van der Waals surface area contributed by atoms with Crippen molar-refractivity contribution in [2.75, 3.05) is 13.2 Å². The van der Waals surface area contributed by atoms with E-state index in [9.17, 15) is 4.79 Å². The van der Waals surface area contributed by atoms with Gasteiger partial charge in [-0.15, -0.1) is 0 Å². The molecule has 1 amide bonds. The minimum Gasteiger partial charge on any atom is -0.493 e. The Morgan fingerprint density at radius 2 is 1.89 bits per heavy atom. The first-order valence-corrected chi connectivity index (χ1v) is 9.13. The van der Waals surface area contributed by atoms with Crippen LogP contribution in [0.2, 0.25) is 0 Å². The molecule has 0 aliphatic rings. The average molecular weight is 377 g/mol. The summed E-state index contributed by atoms with van der Waals surface area (Å²) in [6, 6.07) is 16.9. The Hall–Kier alpha value is -3.41. The highest BCUT2D eigenvalue weighted by Crippen LogP contribution is 2.22. The van der Waals surface area contributed by atoms with Crippen LogP contribution in [-0.4, -0.2) is 30.3 Å². The highest BCUT2D eigenvalue weighted by Gasteiger charge is 2.06. The number of amides is 1. The van der Waals surface area contributed by atoms with E-state index in [2.05, 4.69) is 29.4 Å². The third-order valence-corrected chi connectivity index (χ3v) is 3.82. The van der Waals surface area contributed by atoms with Crippen molar-refractivity contribution in [2.45, 2.75) is 13.8 Å². The maximum Gasteiger partial charge on any atom is 0.277 e. The van der Waals surface area contributed by atoms with E-state index in [4.69, 9.17) is 9.47 Å². The predicted octanol–water partition coefficient (Wildman–Crippen LogP) is 3.80. The SMILES string of the molecule is CC(C)COc1ccc(/C=N/NC(=O)COc2cccc3cccnc23)cc1. The van der Waals surface area contributed by atoms with Gasteiger partial charge in [-0.3, -0.25) is 9.78 Å². The van der Waals surface area contributed by atoms with Crippen molar-refractivity contribution < 1.29 is 14.3 Å². The van der Waals surface area contributed by atoms with Crippen molar-refractivity contribution in [2.24, 2.45) is 11.0 Å². The van der Waals surface area contributed by atoms with Crippen LogP contribution in [0.25, 0.3) is 10.9 Å². The summed E-state index contributed by atoms with van der Waals surface area (Å²) in [6.07, 6.45) is 3.27. The summed E-state index contributed by atoms with van der Waals surface area (Å²) in [5, 5.41) is 4.92. The lowest BCUT2D eigenvalue weighted by atomic mass is 10.2. The second kappa shape index (κ2) is 9.50. The van der Waals surface area contributed by atoms with Gasteiger partial charge in [0.1, 0.15) is 17.0 Å². The van der Waals surface area contributed by atoms with Gasteiger partial charge in [-0.2, -0.15) is 5.10 Å². The number of benzene rings is 2. The molecule has 0 fully saturated rings. The fourth-order valence-corrected chi connectivity index (χ4v) is 2.46. The summed E-state index contributed by atoms with van der Waals surface area (Å²) in [5.41, 5.74) is 4.04. The van der Waals surface area contributed by atoms with E-state index in [1.54, 1.807) is 18.5 Å². The van der Waals surface area contributed by atoms with Gasteiger partial charge in [0.25, 0.3) is 5.91 Å². The molecule has 1 heterocycles. The number of ether oxygens (including phenoxy) is 2. The van der Waals surface area contributed by atoms with Crippen LogP contribution in [0.15, 0.2) is 65.9 Å². The molecule has 0 saturated heterocycles. The van der Waals surface area contributed by atoms with E-state index in [1.807, 2.05) is 48.5 Å². The third-order valence-electron chi connectivity index (χ3n) is 3.82. The lowest BCUT2D eigenvalue weighted by Crippen LogP contribution is -2.24. The molecular formula is C22H23N3O3. The van der Waals surface area contributed by atoms with Crippen molar-refractivity contribution in [1.29, 1.82) is 0 Å². The fourth-order valence-electron chi connectivity index (χ4n) is 2.46. The van der Waals surface area contributed by atoms with Gasteiger partial charge >= 0.3 is 0 Å². The van der Waals surface area contributed by atoms with Crippen molar-refractivity contribution in [3.63, 3.8) is 0 Å². The van der Waals surface area contributed by atoms with Crippen LogP contribution in [0.3, 0.4) is 0 Å². The summed E-state index contributed by atoms with van der Waals surface area (Å²) < 4.78 is 11.2. The standard InChI is InChI=1S/C22H23N3O3/c1-16(2)14-27-19-10-8-17(9-11-19)13-24-25-21(26)15-28-20-7-3-5-18-6-4-12-23-22(18)20/h3-13,16H,14-15H2,1-2H3,(H,25,26)/b24-13+. The minimum atomic E-state index is -0.346. The monoisotopic (exact) mass is 377 g/mol. The van der Waals surface area contributed by atoms with E-state index in [0.717, 1.165) is 22.2 Å². The van der Waals surface area contributed by atoms with Gasteiger partial charge in [-0.25, -0.2) is 5.43 Å². The van der Waals surface area contributed by atoms with Gasteiger partial charge in [-0.1, -0.05) is 32.0 Å². The molecule has 0 saturated carbocycles. The lowest BCUT2D eigenvalue weighted by Gasteiger charge is -2.08. The first-order valence-electron chi connectivity index (χ1n) is 9.13. The molecule has 0 aliphatic carbocycles. The predicted molar refractivity (Wildman–Crippen MR) is 110 cm³/mol. The topological polar surface area (TPSA) is 72.8 Å². The highest BCUT2D eigenvalue weighted by atomic mass is 16.5. The van der Waals surface area contributed by atoms with Crippen LogP contribution < -0.4 is 14.9 Å². The molecule has 0 spiro atoms. The molecule has 1 aromatic heterocycles. The van der Waals surface area contributed by atoms with Crippen molar-refractivity contribution in [3.8, 4) is 11.5 Å². The molecule has 28 heavy (non-hydrogen) atoms. The molecule has 6 nitrogen and oxygen atoms in total. The van der Waals surface area contributed by atoms with Gasteiger partial charge in [0, 0.05) is 11.6 Å². The number of fused-ring (bicyclic) bond motifs is 1. The molecule has 3 rings (SSSR count). The van der Waals surface area contributed by atoms with Crippen molar-refractivity contribution >= 4 is 23.0 Å². The van der Waals surface area contributed by atoms with Gasteiger partial charge in [-0.05, 0) is 47.9 Å². The number of carbonyl (C=O) groups excluding carboxylic acids is 1. The maximum absolute atomic E-state index is 12.0. The lowest BCUT2D eigenvalue weighted by molar-refractivity contribution is -0.123. The van der Waals surface area contributed by atoms with Crippen LogP contribution in [0.1, 0.15) is 19.4 Å². The molecule has 0 bridgehead atoms. The Morgan fingerprint density at radius 3 is 2.68 bits per heavy atom. The number of aromatic nitrogens is 1. The second-order valence-electron chi connectivity index (χ2n) is 6.69. The molecule has 0 atom stereocenters. The highest BCUT2D eigenvalue weighted by molar-refractivity contribution is 5.85. The quantitative estimate of drug-likeness (QED) is 0.479. The first kappa shape index (κ1) is 19.4. The summed E-state index contributed by atoms with van der Waals surface area (Å²) >= 11 is 0. The van der Waals surface area contributed by atoms with E-state index >= 15 is 0 Å². The largest absolute Gasteiger partial charge is 0.493 e. The van der Waals surface area contributed by atoms with Gasteiger partial charge in [0.15, 0.2) is 6.61 Å². The number of rotatable bonds is 8. The zero-order valence-electron chi connectivity index (χ0n) is 16.0. The van der Waals surface area contributed by atoms with Crippen LogP contribution in [0.5, 0.6) is 11.5 Å². The summed E-state index contributed by atoms with van der Waals surface area (Å²) in [5.74, 6) is 1.51. The van der Waals surface area contributed by atoms with Crippen LogP contribution in [-0.2, 0) is 4.79 Å². The van der Waals surface area contributed by atoms with E-state index in [1.165, 1.54) is 0 Å². The van der Waals surface area contributed by atoms with E-state index in [0.29, 0.717) is 18.3 Å². The molecule has 2 aromatic carbocycles. The zero-order valence-corrected chi connectivity index (χ0v) is 16.0. The summed E-state index contributed by atoms with van der Waals surface area (Å²) in [4.78, 5) is 16.2. The first-order chi connectivity index (χ1) is 13.6. The second-order valence-corrected chi connectivity index (χ2v) is 6.69. The number of nitrogens with zero attached hydrogens (tertiary/aromatic N) is 2. The van der Waals surface area contributed by atoms with E-state index < -0.39 is 0 Å². The minimum absolute atomic E-state index is 0.144. The number of hydrazone groups is 1. The summed E-state index contributed by atoms with van der Waals surface area (Å²) in [7, 11) is 0. The Balaban J connectivity index is 1.48.